The standard InChI is InChI=1S/C19H13ClF3N3O2/c20-15-4-2-1-3-14(15)16-9-10-18(28)26(25-16)11-17(27)24-13-7-5-12(6-8-13)19(21,22)23/h1-10H,11H2,(H,24,27). The van der Waals surface area contributed by atoms with Crippen LogP contribution in [0.3, 0.4) is 0 Å². The number of hydrogen-bond acceptors (Lipinski definition) is 3. The minimum Gasteiger partial charge on any atom is -0.324 e. The topological polar surface area (TPSA) is 64.0 Å². The van der Waals surface area contributed by atoms with Crippen molar-refractivity contribution in [2.24, 2.45) is 0 Å². The van der Waals surface area contributed by atoms with Crippen molar-refractivity contribution in [3.8, 4) is 11.3 Å². The Bertz CT molecular complexity index is 1060. The Hall–Kier alpha value is -3.13. The third kappa shape index (κ3) is 4.58. The molecule has 1 N–H and O–H groups in total. The van der Waals surface area contributed by atoms with E-state index in [1.165, 1.54) is 12.1 Å². The van der Waals surface area contributed by atoms with Gasteiger partial charge in [0.05, 0.1) is 16.3 Å². The van der Waals surface area contributed by atoms with Crippen LogP contribution >= 0.6 is 11.6 Å². The fourth-order valence-electron chi connectivity index (χ4n) is 2.45. The quantitative estimate of drug-likeness (QED) is 0.704. The van der Waals surface area contributed by atoms with E-state index >= 15 is 0 Å². The lowest BCUT2D eigenvalue weighted by atomic mass is 10.1. The van der Waals surface area contributed by atoms with E-state index in [9.17, 15) is 22.8 Å². The minimum absolute atomic E-state index is 0.174. The van der Waals surface area contributed by atoms with Crippen LogP contribution in [0.15, 0.2) is 65.5 Å². The maximum absolute atomic E-state index is 12.6. The first-order valence-electron chi connectivity index (χ1n) is 8.04. The summed E-state index contributed by atoms with van der Waals surface area (Å²) < 4.78 is 38.7. The van der Waals surface area contributed by atoms with E-state index in [2.05, 4.69) is 10.4 Å². The molecule has 0 saturated heterocycles. The summed E-state index contributed by atoms with van der Waals surface area (Å²) in [6.07, 6.45) is -4.46. The number of rotatable bonds is 4. The predicted octanol–water partition coefficient (Wildman–Crippen LogP) is 4.22. The number of benzene rings is 2. The van der Waals surface area contributed by atoms with Gasteiger partial charge in [-0.1, -0.05) is 29.8 Å². The summed E-state index contributed by atoms with van der Waals surface area (Å²) in [5.41, 5.74) is -0.142. The van der Waals surface area contributed by atoms with Crippen molar-refractivity contribution < 1.29 is 18.0 Å². The fraction of sp³-hybridized carbons (Fsp3) is 0.105. The van der Waals surface area contributed by atoms with Crippen molar-refractivity contribution in [3.05, 3.63) is 81.6 Å². The lowest BCUT2D eigenvalue weighted by molar-refractivity contribution is -0.137. The van der Waals surface area contributed by atoms with Gasteiger partial charge >= 0.3 is 6.18 Å². The number of nitrogens with zero attached hydrogens (tertiary/aromatic N) is 2. The van der Waals surface area contributed by atoms with Crippen LogP contribution in [0.5, 0.6) is 0 Å². The minimum atomic E-state index is -4.46. The second-order valence-corrected chi connectivity index (χ2v) is 6.22. The molecule has 1 amide bonds. The van der Waals surface area contributed by atoms with Crippen molar-refractivity contribution in [1.29, 1.82) is 0 Å². The molecule has 0 aliphatic carbocycles. The third-order valence-electron chi connectivity index (χ3n) is 3.81. The molecule has 5 nitrogen and oxygen atoms in total. The van der Waals surface area contributed by atoms with E-state index in [0.717, 1.165) is 28.9 Å². The molecule has 1 heterocycles. The van der Waals surface area contributed by atoms with Crippen molar-refractivity contribution in [2.75, 3.05) is 5.32 Å². The van der Waals surface area contributed by atoms with Gasteiger partial charge in [-0.05, 0) is 36.4 Å². The smallest absolute Gasteiger partial charge is 0.324 e. The number of carbonyl (C=O) groups excluding carboxylic acids is 1. The van der Waals surface area contributed by atoms with Gasteiger partial charge in [0, 0.05) is 17.3 Å². The van der Waals surface area contributed by atoms with Crippen LogP contribution in [-0.2, 0) is 17.5 Å². The summed E-state index contributed by atoms with van der Waals surface area (Å²) >= 11 is 6.12. The number of aromatic nitrogens is 2. The van der Waals surface area contributed by atoms with Crippen LogP contribution in [0.1, 0.15) is 5.56 Å². The molecule has 28 heavy (non-hydrogen) atoms. The molecule has 0 aliphatic rings. The molecule has 3 rings (SSSR count). The van der Waals surface area contributed by atoms with Gasteiger partial charge in [0.2, 0.25) is 5.91 Å². The number of amides is 1. The van der Waals surface area contributed by atoms with E-state index in [4.69, 9.17) is 11.6 Å². The highest BCUT2D eigenvalue weighted by atomic mass is 35.5. The number of alkyl halides is 3. The monoisotopic (exact) mass is 407 g/mol. The molecule has 9 heteroatoms. The molecule has 0 atom stereocenters. The van der Waals surface area contributed by atoms with Crippen LogP contribution in [0.4, 0.5) is 18.9 Å². The highest BCUT2D eigenvalue weighted by Gasteiger charge is 2.30. The number of anilines is 1. The summed E-state index contributed by atoms with van der Waals surface area (Å²) in [4.78, 5) is 24.2. The van der Waals surface area contributed by atoms with Gasteiger partial charge in [-0.25, -0.2) is 4.68 Å². The fourth-order valence-corrected chi connectivity index (χ4v) is 2.69. The first-order chi connectivity index (χ1) is 13.2. The van der Waals surface area contributed by atoms with E-state index < -0.39 is 29.8 Å². The second-order valence-electron chi connectivity index (χ2n) is 5.82. The zero-order valence-corrected chi connectivity index (χ0v) is 15.0. The molecule has 0 spiro atoms. The lowest BCUT2D eigenvalue weighted by Crippen LogP contribution is -2.29. The van der Waals surface area contributed by atoms with Gasteiger partial charge in [0.15, 0.2) is 0 Å². The van der Waals surface area contributed by atoms with Crippen LogP contribution < -0.4 is 10.9 Å². The van der Waals surface area contributed by atoms with Gasteiger partial charge < -0.3 is 5.32 Å². The van der Waals surface area contributed by atoms with E-state index in [1.54, 1.807) is 24.3 Å². The van der Waals surface area contributed by atoms with Gasteiger partial charge in [-0.15, -0.1) is 0 Å². The van der Waals surface area contributed by atoms with E-state index in [-0.39, 0.29) is 5.69 Å². The Morgan fingerprint density at radius 3 is 2.36 bits per heavy atom. The van der Waals surface area contributed by atoms with E-state index in [0.29, 0.717) is 16.3 Å². The zero-order valence-electron chi connectivity index (χ0n) is 14.2. The maximum atomic E-state index is 12.6. The number of hydrogen-bond donors (Lipinski definition) is 1. The number of carbonyl (C=O) groups is 1. The summed E-state index contributed by atoms with van der Waals surface area (Å²) in [7, 11) is 0. The molecular formula is C19H13ClF3N3O2. The summed E-state index contributed by atoms with van der Waals surface area (Å²) in [6.45, 7) is -0.405. The van der Waals surface area contributed by atoms with Crippen LogP contribution in [0.2, 0.25) is 5.02 Å². The van der Waals surface area contributed by atoms with Gasteiger partial charge in [0.1, 0.15) is 6.54 Å². The maximum Gasteiger partial charge on any atom is 0.416 e. The Kier molecular flexibility index (Phi) is 5.51. The second kappa shape index (κ2) is 7.85. The van der Waals surface area contributed by atoms with Gasteiger partial charge in [-0.2, -0.15) is 18.3 Å². The molecule has 0 aliphatic heterocycles. The Morgan fingerprint density at radius 1 is 1.04 bits per heavy atom. The molecule has 2 aromatic carbocycles. The summed E-state index contributed by atoms with van der Waals surface area (Å²) in [5, 5.41) is 7.02. The van der Waals surface area contributed by atoms with Crippen molar-refractivity contribution in [3.63, 3.8) is 0 Å². The Morgan fingerprint density at radius 2 is 1.71 bits per heavy atom. The third-order valence-corrected chi connectivity index (χ3v) is 4.14. The molecule has 0 fully saturated rings. The van der Waals surface area contributed by atoms with Crippen LogP contribution in [0, 0.1) is 0 Å². The highest BCUT2D eigenvalue weighted by Crippen LogP contribution is 2.29. The van der Waals surface area contributed by atoms with Crippen LogP contribution in [-0.4, -0.2) is 15.7 Å². The Labute approximate surface area is 162 Å². The zero-order chi connectivity index (χ0) is 20.3. The number of halogens is 4. The highest BCUT2D eigenvalue weighted by molar-refractivity contribution is 6.33. The van der Waals surface area contributed by atoms with Gasteiger partial charge in [-0.3, -0.25) is 9.59 Å². The summed E-state index contributed by atoms with van der Waals surface area (Å²) in [6, 6.07) is 13.7. The first-order valence-corrected chi connectivity index (χ1v) is 8.42. The molecule has 0 radical (unpaired) electrons. The molecule has 3 aromatic rings. The predicted molar refractivity (Wildman–Crippen MR) is 99.0 cm³/mol. The molecule has 0 saturated carbocycles. The first kappa shape index (κ1) is 19.6. The molecule has 144 valence electrons. The number of nitrogens with one attached hydrogen (secondary N) is 1. The molecule has 1 aromatic heterocycles. The van der Waals surface area contributed by atoms with E-state index in [1.807, 2.05) is 0 Å². The average molecular weight is 408 g/mol. The van der Waals surface area contributed by atoms with Crippen molar-refractivity contribution in [2.45, 2.75) is 12.7 Å². The van der Waals surface area contributed by atoms with Crippen molar-refractivity contribution in [1.82, 2.24) is 9.78 Å². The van der Waals surface area contributed by atoms with Crippen LogP contribution in [0.25, 0.3) is 11.3 Å². The average Bonchev–Trinajstić information content (AvgIpc) is 2.64. The van der Waals surface area contributed by atoms with Crippen molar-refractivity contribution >= 4 is 23.2 Å². The molecular weight excluding hydrogens is 395 g/mol. The SMILES string of the molecule is O=C(Cn1nc(-c2ccccc2Cl)ccc1=O)Nc1ccc(C(F)(F)F)cc1. The molecule has 0 unspecified atom stereocenters. The largest absolute Gasteiger partial charge is 0.416 e. The summed E-state index contributed by atoms with van der Waals surface area (Å²) in [5.74, 6) is -0.606. The Balaban J connectivity index is 1.76. The molecule has 0 bridgehead atoms. The normalized spacial score (nSPS) is 11.3. The van der Waals surface area contributed by atoms with Gasteiger partial charge in [0.25, 0.3) is 5.56 Å². The lowest BCUT2D eigenvalue weighted by Gasteiger charge is -2.10.